The summed E-state index contributed by atoms with van der Waals surface area (Å²) < 4.78 is 9.73. The summed E-state index contributed by atoms with van der Waals surface area (Å²) in [5, 5.41) is 5.45. The summed E-state index contributed by atoms with van der Waals surface area (Å²) in [6, 6.07) is 54.6. The summed E-state index contributed by atoms with van der Waals surface area (Å²) >= 11 is 3.52. The molecule has 11 aromatic rings. The summed E-state index contributed by atoms with van der Waals surface area (Å²) in [5.74, 6) is 1.89. The van der Waals surface area contributed by atoms with Crippen molar-refractivity contribution >= 4 is 75.0 Å². The standard InChI is InChI=1S/C46H26N4OS2/c1-2-10-27(11-3-1)43-48-44(30-20-22-38-34(26-30)32-14-4-6-17-37(32)51-38)50-45(49-43)33-15-9-19-41-42(33)35-25-29(21-23-39(35)52-41)28-12-8-13-31(24-28)46-47-36-16-5-7-18-40(36)53-46/h1-26H. The fourth-order valence-corrected chi connectivity index (χ4v) is 9.30. The number of fused-ring (bicyclic) bond motifs is 7. The number of hydrogen-bond acceptors (Lipinski definition) is 7. The van der Waals surface area contributed by atoms with Gasteiger partial charge in [0.2, 0.25) is 0 Å². The van der Waals surface area contributed by atoms with E-state index in [0.717, 1.165) is 71.2 Å². The van der Waals surface area contributed by atoms with Crippen LogP contribution in [-0.4, -0.2) is 19.9 Å². The molecule has 0 N–H and O–H groups in total. The van der Waals surface area contributed by atoms with Crippen LogP contribution in [-0.2, 0) is 0 Å². The lowest BCUT2D eigenvalue weighted by Gasteiger charge is -2.10. The number of rotatable bonds is 5. The van der Waals surface area contributed by atoms with E-state index < -0.39 is 0 Å². The molecular formula is C46H26N4OS2. The molecule has 7 aromatic carbocycles. The summed E-state index contributed by atoms with van der Waals surface area (Å²) in [7, 11) is 0. The molecule has 4 aromatic heterocycles. The fraction of sp³-hybridized carbons (Fsp3) is 0. The van der Waals surface area contributed by atoms with Gasteiger partial charge in [0, 0.05) is 53.2 Å². The molecule has 4 heterocycles. The monoisotopic (exact) mass is 714 g/mol. The molecule has 0 atom stereocenters. The molecular weight excluding hydrogens is 689 g/mol. The largest absolute Gasteiger partial charge is 0.456 e. The minimum absolute atomic E-state index is 0.616. The van der Waals surface area contributed by atoms with Crippen molar-refractivity contribution in [3.05, 3.63) is 158 Å². The fourth-order valence-electron chi connectivity index (χ4n) is 7.23. The lowest BCUT2D eigenvalue weighted by molar-refractivity contribution is 0.669. The van der Waals surface area contributed by atoms with E-state index in [2.05, 4.69) is 91.0 Å². The van der Waals surface area contributed by atoms with Crippen molar-refractivity contribution in [2.45, 2.75) is 0 Å². The van der Waals surface area contributed by atoms with E-state index in [1.54, 1.807) is 22.7 Å². The summed E-state index contributed by atoms with van der Waals surface area (Å²) in [4.78, 5) is 20.3. The molecule has 248 valence electrons. The van der Waals surface area contributed by atoms with Crippen molar-refractivity contribution in [1.82, 2.24) is 19.9 Å². The molecule has 0 spiro atoms. The Balaban J connectivity index is 1.08. The van der Waals surface area contributed by atoms with Gasteiger partial charge in [-0.2, -0.15) is 0 Å². The lowest BCUT2D eigenvalue weighted by atomic mass is 9.99. The van der Waals surface area contributed by atoms with Crippen molar-refractivity contribution in [2.75, 3.05) is 0 Å². The Morgan fingerprint density at radius 1 is 0.377 bits per heavy atom. The number of aromatic nitrogens is 4. The third-order valence-corrected chi connectivity index (χ3v) is 12.0. The van der Waals surface area contributed by atoms with Gasteiger partial charge in [-0.25, -0.2) is 19.9 Å². The quantitative estimate of drug-likeness (QED) is 0.178. The Labute approximate surface area is 311 Å². The maximum atomic E-state index is 6.14. The normalized spacial score (nSPS) is 11.8. The Hall–Kier alpha value is -6.54. The van der Waals surface area contributed by atoms with Gasteiger partial charge >= 0.3 is 0 Å². The second kappa shape index (κ2) is 12.0. The second-order valence-electron chi connectivity index (χ2n) is 13.0. The van der Waals surface area contributed by atoms with Crippen molar-refractivity contribution < 1.29 is 4.42 Å². The first-order valence-electron chi connectivity index (χ1n) is 17.4. The minimum atomic E-state index is 0.616. The van der Waals surface area contributed by atoms with Crippen molar-refractivity contribution in [3.63, 3.8) is 0 Å². The lowest BCUT2D eigenvalue weighted by Crippen LogP contribution is -2.00. The van der Waals surface area contributed by atoms with Crippen LogP contribution in [0.15, 0.2) is 162 Å². The molecule has 0 aliphatic rings. The average molecular weight is 715 g/mol. The van der Waals surface area contributed by atoms with Gasteiger partial charge in [-0.15, -0.1) is 22.7 Å². The van der Waals surface area contributed by atoms with Crippen LogP contribution < -0.4 is 0 Å². The molecule has 0 aliphatic carbocycles. The number of nitrogens with zero attached hydrogens (tertiary/aromatic N) is 4. The number of benzene rings is 7. The van der Waals surface area contributed by atoms with Gasteiger partial charge in [-0.1, -0.05) is 97.1 Å². The Morgan fingerprint density at radius 3 is 1.98 bits per heavy atom. The average Bonchev–Trinajstić information content (AvgIpc) is 3.94. The zero-order valence-corrected chi connectivity index (χ0v) is 29.7. The molecule has 7 heteroatoms. The topological polar surface area (TPSA) is 64.7 Å². The van der Waals surface area contributed by atoms with Crippen LogP contribution in [0.4, 0.5) is 0 Å². The highest BCUT2D eigenvalue weighted by Gasteiger charge is 2.19. The first kappa shape index (κ1) is 30.1. The maximum absolute atomic E-state index is 6.14. The Bertz CT molecular complexity index is 3160. The van der Waals surface area contributed by atoms with Gasteiger partial charge in [-0.05, 0) is 71.8 Å². The van der Waals surface area contributed by atoms with Crippen LogP contribution in [0.2, 0.25) is 0 Å². The van der Waals surface area contributed by atoms with E-state index >= 15 is 0 Å². The number of hydrogen-bond donors (Lipinski definition) is 0. The second-order valence-corrected chi connectivity index (χ2v) is 15.2. The SMILES string of the molecule is c1ccc(-c2nc(-c3ccc4oc5ccccc5c4c3)nc(-c3cccc4sc5ccc(-c6cccc(-c7nc8ccccc8s7)c6)cc5c34)n2)cc1. The van der Waals surface area contributed by atoms with E-state index in [4.69, 9.17) is 24.4 Å². The maximum Gasteiger partial charge on any atom is 0.164 e. The first-order chi connectivity index (χ1) is 26.2. The predicted octanol–water partition coefficient (Wildman–Crippen LogP) is 13.1. The molecule has 0 aliphatic heterocycles. The molecule has 0 saturated heterocycles. The molecule has 11 rings (SSSR count). The van der Waals surface area contributed by atoms with Crippen LogP contribution in [0.1, 0.15) is 0 Å². The van der Waals surface area contributed by atoms with E-state index in [9.17, 15) is 0 Å². The zero-order chi connectivity index (χ0) is 34.9. The van der Waals surface area contributed by atoms with Gasteiger partial charge in [0.15, 0.2) is 17.5 Å². The van der Waals surface area contributed by atoms with E-state index in [1.165, 1.54) is 19.5 Å². The molecule has 5 nitrogen and oxygen atoms in total. The summed E-state index contributed by atoms with van der Waals surface area (Å²) in [6.07, 6.45) is 0. The van der Waals surface area contributed by atoms with E-state index in [-0.39, 0.29) is 0 Å². The van der Waals surface area contributed by atoms with Gasteiger partial charge in [0.05, 0.1) is 10.2 Å². The van der Waals surface area contributed by atoms with E-state index in [0.29, 0.717) is 17.5 Å². The Morgan fingerprint density at radius 2 is 1.06 bits per heavy atom. The van der Waals surface area contributed by atoms with E-state index in [1.807, 2.05) is 66.7 Å². The van der Waals surface area contributed by atoms with Crippen LogP contribution in [0, 0.1) is 0 Å². The molecule has 0 fully saturated rings. The minimum Gasteiger partial charge on any atom is -0.456 e. The van der Waals surface area contributed by atoms with Crippen LogP contribution in [0.5, 0.6) is 0 Å². The van der Waals surface area contributed by atoms with Crippen molar-refractivity contribution in [1.29, 1.82) is 0 Å². The van der Waals surface area contributed by atoms with Crippen molar-refractivity contribution in [2.24, 2.45) is 0 Å². The number of thiophene rings is 1. The van der Waals surface area contributed by atoms with Gasteiger partial charge in [0.1, 0.15) is 16.2 Å². The molecule has 0 unspecified atom stereocenters. The number of furan rings is 1. The van der Waals surface area contributed by atoms with Crippen LogP contribution in [0.3, 0.4) is 0 Å². The first-order valence-corrected chi connectivity index (χ1v) is 19.0. The Kier molecular flexibility index (Phi) is 6.83. The van der Waals surface area contributed by atoms with Crippen molar-refractivity contribution in [3.8, 4) is 55.9 Å². The molecule has 0 saturated carbocycles. The summed E-state index contributed by atoms with van der Waals surface area (Å²) in [5.41, 5.74) is 8.96. The molecule has 0 bridgehead atoms. The van der Waals surface area contributed by atoms with Gasteiger partial charge < -0.3 is 4.42 Å². The molecule has 53 heavy (non-hydrogen) atoms. The highest BCUT2D eigenvalue weighted by molar-refractivity contribution is 7.26. The third kappa shape index (κ3) is 5.12. The number of thiazole rings is 1. The third-order valence-electron chi connectivity index (χ3n) is 9.77. The molecule has 0 amide bonds. The van der Waals surface area contributed by atoms with Crippen LogP contribution >= 0.6 is 22.7 Å². The zero-order valence-electron chi connectivity index (χ0n) is 28.0. The smallest absolute Gasteiger partial charge is 0.164 e. The van der Waals surface area contributed by atoms with Crippen LogP contribution in [0.25, 0.3) is 108 Å². The predicted molar refractivity (Wildman–Crippen MR) is 220 cm³/mol. The highest BCUT2D eigenvalue weighted by atomic mass is 32.1. The highest BCUT2D eigenvalue weighted by Crippen LogP contribution is 2.42. The van der Waals surface area contributed by atoms with Gasteiger partial charge in [0.25, 0.3) is 0 Å². The molecule has 0 radical (unpaired) electrons. The van der Waals surface area contributed by atoms with Gasteiger partial charge in [-0.3, -0.25) is 0 Å². The number of para-hydroxylation sites is 2. The summed E-state index contributed by atoms with van der Waals surface area (Å²) in [6.45, 7) is 0.